The van der Waals surface area contributed by atoms with Crippen molar-refractivity contribution in [2.45, 2.75) is 53.8 Å². The van der Waals surface area contributed by atoms with Crippen LogP contribution in [-0.2, 0) is 12.2 Å². The molecule has 0 unspecified atom stereocenters. The smallest absolute Gasteiger partial charge is 0.280 e. The maximum absolute atomic E-state index is 14.4. The van der Waals surface area contributed by atoms with E-state index in [1.165, 1.54) is 17.6 Å². The lowest BCUT2D eigenvalue weighted by molar-refractivity contribution is 0.0688. The van der Waals surface area contributed by atoms with E-state index in [0.717, 1.165) is 17.2 Å². The predicted octanol–water partition coefficient (Wildman–Crippen LogP) is 5.66. The summed E-state index contributed by atoms with van der Waals surface area (Å²) in [5.74, 6) is -0.977. The number of halogens is 3. The van der Waals surface area contributed by atoms with Gasteiger partial charge in [-0.3, -0.25) is 9.36 Å². The van der Waals surface area contributed by atoms with Crippen LogP contribution in [0.1, 0.15) is 47.8 Å². The second kappa shape index (κ2) is 10.2. The van der Waals surface area contributed by atoms with Crippen LogP contribution >= 0.6 is 11.6 Å². The molecule has 2 heterocycles. The van der Waals surface area contributed by atoms with Gasteiger partial charge in [-0.05, 0) is 70.9 Å². The third kappa shape index (κ3) is 5.16. The van der Waals surface area contributed by atoms with Gasteiger partial charge in [-0.25, -0.2) is 18.7 Å². The SMILES string of the molecule is Cc1ccc(-c2nc(C(C)(C)O)ncc2C)cc1-n1c(C)nc(OCc2ccc(F)c(C)c2F)c(Cl)c1=O. The van der Waals surface area contributed by atoms with Gasteiger partial charge in [-0.15, -0.1) is 0 Å². The molecule has 0 saturated carbocycles. The van der Waals surface area contributed by atoms with Gasteiger partial charge in [0.2, 0.25) is 5.88 Å². The Hall–Kier alpha value is -3.69. The fraction of sp³-hybridized carbons (Fsp3) is 0.286. The van der Waals surface area contributed by atoms with Crippen LogP contribution in [-0.4, -0.2) is 24.6 Å². The Morgan fingerprint density at radius 1 is 1.05 bits per heavy atom. The van der Waals surface area contributed by atoms with E-state index in [9.17, 15) is 18.7 Å². The Bertz CT molecular complexity index is 1610. The van der Waals surface area contributed by atoms with E-state index in [2.05, 4.69) is 15.0 Å². The minimum atomic E-state index is -1.23. The van der Waals surface area contributed by atoms with Crippen LogP contribution in [0.2, 0.25) is 5.02 Å². The highest BCUT2D eigenvalue weighted by molar-refractivity contribution is 6.31. The zero-order chi connectivity index (χ0) is 27.9. The number of ether oxygens (including phenoxy) is 1. The molecule has 0 saturated heterocycles. The molecule has 0 radical (unpaired) electrons. The summed E-state index contributed by atoms with van der Waals surface area (Å²) in [5.41, 5.74) is 1.62. The van der Waals surface area contributed by atoms with Crippen molar-refractivity contribution in [2.75, 3.05) is 0 Å². The molecule has 198 valence electrons. The first kappa shape index (κ1) is 27.3. The van der Waals surface area contributed by atoms with Crippen LogP contribution in [0.5, 0.6) is 5.88 Å². The van der Waals surface area contributed by atoms with Gasteiger partial charge in [0, 0.05) is 22.9 Å². The van der Waals surface area contributed by atoms with Crippen LogP contribution in [0.15, 0.2) is 41.3 Å². The van der Waals surface area contributed by atoms with Crippen molar-refractivity contribution >= 4 is 11.6 Å². The molecule has 0 bridgehead atoms. The fourth-order valence-corrected chi connectivity index (χ4v) is 4.15. The van der Waals surface area contributed by atoms with Gasteiger partial charge in [0.1, 0.15) is 29.7 Å². The topological polar surface area (TPSA) is 90.1 Å². The van der Waals surface area contributed by atoms with Gasteiger partial charge in [0.25, 0.3) is 5.56 Å². The molecule has 0 aliphatic heterocycles. The minimum absolute atomic E-state index is 0.109. The van der Waals surface area contributed by atoms with Gasteiger partial charge in [0.05, 0.1) is 11.4 Å². The molecule has 4 aromatic rings. The molecule has 10 heteroatoms. The summed E-state index contributed by atoms with van der Waals surface area (Å²) in [6, 6.07) is 7.93. The predicted molar refractivity (Wildman–Crippen MR) is 141 cm³/mol. The second-order valence-corrected chi connectivity index (χ2v) is 10.0. The summed E-state index contributed by atoms with van der Waals surface area (Å²) in [7, 11) is 0. The van der Waals surface area contributed by atoms with E-state index in [1.54, 1.807) is 33.0 Å². The first-order valence-electron chi connectivity index (χ1n) is 11.8. The number of aromatic nitrogens is 4. The summed E-state index contributed by atoms with van der Waals surface area (Å²) >= 11 is 6.37. The lowest BCUT2D eigenvalue weighted by Crippen LogP contribution is -2.24. The highest BCUT2D eigenvalue weighted by Gasteiger charge is 2.22. The monoisotopic (exact) mass is 540 g/mol. The summed E-state index contributed by atoms with van der Waals surface area (Å²) in [6.45, 7) is 9.58. The van der Waals surface area contributed by atoms with Gasteiger partial charge < -0.3 is 9.84 Å². The Balaban J connectivity index is 1.75. The highest BCUT2D eigenvalue weighted by atomic mass is 35.5. The van der Waals surface area contributed by atoms with Crippen molar-refractivity contribution in [1.29, 1.82) is 0 Å². The molecular weight excluding hydrogens is 514 g/mol. The molecule has 38 heavy (non-hydrogen) atoms. The number of aryl methyl sites for hydroxylation is 3. The Kier molecular flexibility index (Phi) is 7.36. The van der Waals surface area contributed by atoms with Gasteiger partial charge in [-0.1, -0.05) is 23.7 Å². The Morgan fingerprint density at radius 3 is 2.45 bits per heavy atom. The molecule has 0 spiro atoms. The normalized spacial score (nSPS) is 11.6. The molecule has 2 aromatic heterocycles. The summed E-state index contributed by atoms with van der Waals surface area (Å²) in [5, 5.41) is 10.1. The molecule has 0 aliphatic rings. The van der Waals surface area contributed by atoms with Crippen LogP contribution in [0.3, 0.4) is 0 Å². The van der Waals surface area contributed by atoms with Gasteiger partial charge in [-0.2, -0.15) is 4.98 Å². The molecule has 1 N–H and O–H groups in total. The molecule has 0 fully saturated rings. The number of aliphatic hydroxyl groups is 1. The number of hydrogen-bond acceptors (Lipinski definition) is 6. The molecule has 0 aliphatic carbocycles. The number of nitrogens with zero attached hydrogens (tertiary/aromatic N) is 4. The summed E-state index contributed by atoms with van der Waals surface area (Å²) in [4.78, 5) is 26.5. The largest absolute Gasteiger partial charge is 0.471 e. The van der Waals surface area contributed by atoms with Crippen molar-refractivity contribution in [3.63, 3.8) is 0 Å². The number of rotatable bonds is 6. The zero-order valence-electron chi connectivity index (χ0n) is 21.9. The quantitative estimate of drug-likeness (QED) is 0.339. The summed E-state index contributed by atoms with van der Waals surface area (Å²) in [6.07, 6.45) is 1.64. The van der Waals surface area contributed by atoms with E-state index >= 15 is 0 Å². The van der Waals surface area contributed by atoms with E-state index in [0.29, 0.717) is 22.8 Å². The molecule has 0 atom stereocenters. The van der Waals surface area contributed by atoms with Crippen LogP contribution in [0, 0.1) is 39.3 Å². The van der Waals surface area contributed by atoms with Crippen molar-refractivity contribution < 1.29 is 18.6 Å². The Labute approximate surface area is 223 Å². The standard InChI is InChI=1S/C28H27ClF2N4O3/c1-14-7-8-18(24-15(2)12-32-27(34-24)28(5,6)37)11-21(14)35-17(4)33-25(22(29)26(35)36)38-13-19-9-10-20(30)16(3)23(19)31/h7-12,37H,13H2,1-6H3. The molecule has 2 aromatic carbocycles. The lowest BCUT2D eigenvalue weighted by atomic mass is 10.0. The zero-order valence-corrected chi connectivity index (χ0v) is 22.6. The molecule has 7 nitrogen and oxygen atoms in total. The summed E-state index contributed by atoms with van der Waals surface area (Å²) < 4.78 is 34.9. The highest BCUT2D eigenvalue weighted by Crippen LogP contribution is 2.29. The van der Waals surface area contributed by atoms with E-state index in [4.69, 9.17) is 16.3 Å². The first-order valence-corrected chi connectivity index (χ1v) is 12.2. The van der Waals surface area contributed by atoms with Gasteiger partial charge in [0.15, 0.2) is 10.8 Å². The third-order valence-electron chi connectivity index (χ3n) is 6.17. The Morgan fingerprint density at radius 2 is 1.76 bits per heavy atom. The average Bonchev–Trinajstić information content (AvgIpc) is 2.85. The number of benzene rings is 2. The maximum Gasteiger partial charge on any atom is 0.280 e. The fourth-order valence-electron chi connectivity index (χ4n) is 3.96. The molecule has 4 rings (SSSR count). The van der Waals surface area contributed by atoms with E-state index < -0.39 is 22.8 Å². The van der Waals surface area contributed by atoms with Crippen LogP contribution < -0.4 is 10.3 Å². The van der Waals surface area contributed by atoms with E-state index in [1.807, 2.05) is 26.0 Å². The lowest BCUT2D eigenvalue weighted by Gasteiger charge is -2.18. The van der Waals surface area contributed by atoms with Crippen molar-refractivity contribution in [3.05, 3.63) is 97.4 Å². The van der Waals surface area contributed by atoms with Gasteiger partial charge >= 0.3 is 0 Å². The second-order valence-electron chi connectivity index (χ2n) is 9.64. The van der Waals surface area contributed by atoms with Crippen LogP contribution in [0.4, 0.5) is 8.78 Å². The molecular formula is C28H27ClF2N4O3. The minimum Gasteiger partial charge on any atom is -0.471 e. The van der Waals surface area contributed by atoms with E-state index in [-0.39, 0.29) is 34.5 Å². The van der Waals surface area contributed by atoms with Crippen molar-refractivity contribution in [1.82, 2.24) is 19.5 Å². The van der Waals surface area contributed by atoms with Crippen LogP contribution in [0.25, 0.3) is 16.9 Å². The molecule has 0 amide bonds. The third-order valence-corrected chi connectivity index (χ3v) is 6.50. The average molecular weight is 541 g/mol. The number of hydrogen-bond donors (Lipinski definition) is 1. The van der Waals surface area contributed by atoms with Crippen molar-refractivity contribution in [3.8, 4) is 22.8 Å². The maximum atomic E-state index is 14.4. The van der Waals surface area contributed by atoms with Crippen molar-refractivity contribution in [2.24, 2.45) is 0 Å². The first-order chi connectivity index (χ1) is 17.8.